The van der Waals surface area contributed by atoms with Crippen LogP contribution in [0, 0.1) is 0 Å². The average Bonchev–Trinajstić information content (AvgIpc) is 2.19. The van der Waals surface area contributed by atoms with Crippen LogP contribution in [0.1, 0.15) is 33.1 Å². The van der Waals surface area contributed by atoms with E-state index in [2.05, 4.69) is 32.1 Å². The summed E-state index contributed by atoms with van der Waals surface area (Å²) in [5.41, 5.74) is 5.80. The van der Waals surface area contributed by atoms with Crippen molar-refractivity contribution in [2.24, 2.45) is 5.73 Å². The third-order valence-corrected chi connectivity index (χ3v) is 3.66. The van der Waals surface area contributed by atoms with Crippen LogP contribution in [0.5, 0.6) is 0 Å². The van der Waals surface area contributed by atoms with Gasteiger partial charge in [-0.3, -0.25) is 4.90 Å². The number of nitrogens with zero attached hydrogens (tertiary/aromatic N) is 1. The lowest BCUT2D eigenvalue weighted by atomic mass is 10.1. The van der Waals surface area contributed by atoms with Gasteiger partial charge in [0.25, 0.3) is 0 Å². The van der Waals surface area contributed by atoms with E-state index in [0.29, 0.717) is 12.1 Å². The van der Waals surface area contributed by atoms with E-state index < -0.39 is 0 Å². The number of rotatable bonds is 8. The first-order valence-corrected chi connectivity index (χ1v) is 6.97. The zero-order valence-electron chi connectivity index (χ0n) is 10.1. The lowest BCUT2D eigenvalue weighted by molar-refractivity contribution is 0.190. The lowest BCUT2D eigenvalue weighted by Crippen LogP contribution is -2.44. The maximum absolute atomic E-state index is 5.80. The third-order valence-electron chi connectivity index (χ3n) is 2.84. The summed E-state index contributed by atoms with van der Waals surface area (Å²) >= 11 is 1.91. The van der Waals surface area contributed by atoms with Crippen LogP contribution < -0.4 is 5.73 Å². The highest BCUT2D eigenvalue weighted by molar-refractivity contribution is 7.98. The molecule has 2 atom stereocenters. The summed E-state index contributed by atoms with van der Waals surface area (Å²) in [6.45, 7) is 5.30. The van der Waals surface area contributed by atoms with Gasteiger partial charge in [-0.2, -0.15) is 11.8 Å². The van der Waals surface area contributed by atoms with Crippen molar-refractivity contribution in [3.8, 4) is 0 Å². The van der Waals surface area contributed by atoms with Gasteiger partial charge >= 0.3 is 0 Å². The molecule has 3 heteroatoms. The second-order valence-electron chi connectivity index (χ2n) is 4.00. The fourth-order valence-electron chi connectivity index (χ4n) is 1.65. The van der Waals surface area contributed by atoms with E-state index >= 15 is 0 Å². The molecule has 0 aromatic heterocycles. The third kappa shape index (κ3) is 5.23. The second-order valence-corrected chi connectivity index (χ2v) is 4.91. The maximum atomic E-state index is 5.80. The van der Waals surface area contributed by atoms with E-state index in [1.54, 1.807) is 0 Å². The normalized spacial score (nSPS) is 15.9. The summed E-state index contributed by atoms with van der Waals surface area (Å²) in [5.74, 6) is 1.19. The minimum absolute atomic E-state index is 0.567. The monoisotopic (exact) mass is 218 g/mol. The van der Waals surface area contributed by atoms with Gasteiger partial charge in [-0.15, -0.1) is 0 Å². The molecule has 0 fully saturated rings. The van der Waals surface area contributed by atoms with Gasteiger partial charge < -0.3 is 5.73 Å². The maximum Gasteiger partial charge on any atom is 0.0218 e. The summed E-state index contributed by atoms with van der Waals surface area (Å²) < 4.78 is 0. The first-order chi connectivity index (χ1) is 6.67. The first kappa shape index (κ1) is 14.3. The van der Waals surface area contributed by atoms with Crippen LogP contribution in [0.2, 0.25) is 0 Å². The molecule has 86 valence electrons. The topological polar surface area (TPSA) is 29.3 Å². The Labute approximate surface area is 93.6 Å². The Hall–Kier alpha value is 0.270. The highest BCUT2D eigenvalue weighted by Gasteiger charge is 2.17. The predicted molar refractivity (Wildman–Crippen MR) is 68.0 cm³/mol. The Morgan fingerprint density at radius 1 is 1.43 bits per heavy atom. The molecule has 2 unspecified atom stereocenters. The highest BCUT2D eigenvalue weighted by Crippen LogP contribution is 2.11. The molecule has 0 rings (SSSR count). The van der Waals surface area contributed by atoms with Crippen molar-refractivity contribution in [1.29, 1.82) is 0 Å². The van der Waals surface area contributed by atoms with Crippen molar-refractivity contribution in [3.05, 3.63) is 0 Å². The largest absolute Gasteiger partial charge is 0.329 e. The smallest absolute Gasteiger partial charge is 0.0218 e. The van der Waals surface area contributed by atoms with Gasteiger partial charge in [0.15, 0.2) is 0 Å². The summed E-state index contributed by atoms with van der Waals surface area (Å²) in [7, 11) is 2.20. The Bertz CT molecular complexity index is 130. The number of nitrogens with two attached hydrogens (primary N) is 1. The Kier molecular flexibility index (Phi) is 8.73. The minimum atomic E-state index is 0.567. The molecule has 0 aliphatic carbocycles. The number of likely N-dealkylation sites (N-methyl/N-ethyl adjacent to an activating group) is 1. The summed E-state index contributed by atoms with van der Waals surface area (Å²) in [6, 6.07) is 1.20. The van der Waals surface area contributed by atoms with E-state index in [1.807, 2.05) is 11.8 Å². The molecule has 2 N–H and O–H groups in total. The molecule has 0 amide bonds. The van der Waals surface area contributed by atoms with Crippen LogP contribution in [0.25, 0.3) is 0 Å². The van der Waals surface area contributed by atoms with E-state index in [0.717, 1.165) is 6.54 Å². The standard InChI is InChI=1S/C11H26N2S/c1-5-6-7-11(8-12)13(3)10(2)9-14-4/h10-11H,5-9,12H2,1-4H3. The van der Waals surface area contributed by atoms with Crippen LogP contribution in [-0.2, 0) is 0 Å². The van der Waals surface area contributed by atoms with Gasteiger partial charge in [0, 0.05) is 24.4 Å². The van der Waals surface area contributed by atoms with Gasteiger partial charge in [-0.05, 0) is 26.6 Å². The molecule has 0 aliphatic rings. The summed E-state index contributed by atoms with van der Waals surface area (Å²) in [5, 5.41) is 0. The van der Waals surface area contributed by atoms with Crippen molar-refractivity contribution in [2.75, 3.05) is 25.6 Å². The lowest BCUT2D eigenvalue weighted by Gasteiger charge is -2.32. The average molecular weight is 218 g/mol. The van der Waals surface area contributed by atoms with Gasteiger partial charge in [-0.1, -0.05) is 19.8 Å². The van der Waals surface area contributed by atoms with Crippen LogP contribution in [-0.4, -0.2) is 42.6 Å². The Morgan fingerprint density at radius 2 is 2.07 bits per heavy atom. The van der Waals surface area contributed by atoms with Crippen molar-refractivity contribution in [1.82, 2.24) is 4.90 Å². The fourth-order valence-corrected chi connectivity index (χ4v) is 2.36. The Morgan fingerprint density at radius 3 is 2.50 bits per heavy atom. The second kappa shape index (κ2) is 8.57. The molecule has 0 aromatic rings. The van der Waals surface area contributed by atoms with Gasteiger partial charge in [0.05, 0.1) is 0 Å². The number of thioether (sulfide) groups is 1. The molecule has 0 spiro atoms. The molecular weight excluding hydrogens is 192 g/mol. The summed E-state index contributed by atoms with van der Waals surface area (Å²) in [6.07, 6.45) is 5.95. The molecule has 0 aliphatic heterocycles. The zero-order chi connectivity index (χ0) is 11.0. The van der Waals surface area contributed by atoms with Crippen LogP contribution in [0.15, 0.2) is 0 Å². The predicted octanol–water partition coefficient (Wildman–Crippen LogP) is 2.19. The van der Waals surface area contributed by atoms with E-state index in [9.17, 15) is 0 Å². The first-order valence-electron chi connectivity index (χ1n) is 5.58. The quantitative estimate of drug-likeness (QED) is 0.677. The van der Waals surface area contributed by atoms with E-state index in [4.69, 9.17) is 5.73 Å². The molecule has 14 heavy (non-hydrogen) atoms. The summed E-state index contributed by atoms with van der Waals surface area (Å²) in [4.78, 5) is 2.44. The molecule has 0 saturated carbocycles. The SMILES string of the molecule is CCCCC(CN)N(C)C(C)CSC. The van der Waals surface area contributed by atoms with Crippen LogP contribution in [0.3, 0.4) is 0 Å². The molecule has 0 saturated heterocycles. The van der Waals surface area contributed by atoms with Crippen molar-refractivity contribution < 1.29 is 0 Å². The van der Waals surface area contributed by atoms with Gasteiger partial charge in [-0.25, -0.2) is 0 Å². The van der Waals surface area contributed by atoms with E-state index in [1.165, 1.54) is 25.0 Å². The zero-order valence-corrected chi connectivity index (χ0v) is 10.9. The van der Waals surface area contributed by atoms with Crippen molar-refractivity contribution in [3.63, 3.8) is 0 Å². The molecule has 2 nitrogen and oxygen atoms in total. The fraction of sp³-hybridized carbons (Fsp3) is 1.00. The Balaban J connectivity index is 3.94. The van der Waals surface area contributed by atoms with Crippen LogP contribution >= 0.6 is 11.8 Å². The number of hydrogen-bond donors (Lipinski definition) is 1. The molecular formula is C11H26N2S. The number of hydrogen-bond acceptors (Lipinski definition) is 3. The number of unbranched alkanes of at least 4 members (excludes halogenated alkanes) is 1. The molecule has 0 bridgehead atoms. The molecule has 0 radical (unpaired) electrons. The van der Waals surface area contributed by atoms with Crippen LogP contribution in [0.4, 0.5) is 0 Å². The minimum Gasteiger partial charge on any atom is -0.329 e. The highest BCUT2D eigenvalue weighted by atomic mass is 32.2. The van der Waals surface area contributed by atoms with Crippen molar-refractivity contribution >= 4 is 11.8 Å². The van der Waals surface area contributed by atoms with Gasteiger partial charge in [0.2, 0.25) is 0 Å². The van der Waals surface area contributed by atoms with E-state index in [-0.39, 0.29) is 0 Å². The molecule has 0 aromatic carbocycles. The van der Waals surface area contributed by atoms with Crippen molar-refractivity contribution in [2.45, 2.75) is 45.2 Å². The van der Waals surface area contributed by atoms with Gasteiger partial charge in [0.1, 0.15) is 0 Å². The molecule has 0 heterocycles.